The Morgan fingerprint density at radius 1 is 1.10 bits per heavy atom. The molecular weight excluding hydrogens is 370 g/mol. The van der Waals surface area contributed by atoms with Crippen molar-refractivity contribution >= 4 is 11.7 Å². The van der Waals surface area contributed by atoms with Gasteiger partial charge in [-0.3, -0.25) is 0 Å². The highest BCUT2D eigenvalue weighted by molar-refractivity contribution is 5.89. The van der Waals surface area contributed by atoms with Crippen LogP contribution in [0.1, 0.15) is 18.1 Å². The summed E-state index contributed by atoms with van der Waals surface area (Å²) < 4.78 is 11.3. The molecule has 29 heavy (non-hydrogen) atoms. The summed E-state index contributed by atoms with van der Waals surface area (Å²) in [4.78, 5) is 14.4. The standard InChI is InChI=1S/C22H29N3O4/c1-25(2)15-17(21(26)16-7-4-3-5-8-16)14-23-22(27)24-18-9-10-19-20(13-18)29-12-6-11-28-19/h3-5,7-10,13,17,21,26H,6,11-12,14-15H2,1-2H3,(H2,23,24,27)/t17-,21+/m0/s1. The maximum absolute atomic E-state index is 12.4. The zero-order valence-electron chi connectivity index (χ0n) is 16.9. The second-order valence-corrected chi connectivity index (χ2v) is 7.42. The van der Waals surface area contributed by atoms with E-state index < -0.39 is 6.10 Å². The topological polar surface area (TPSA) is 83.1 Å². The molecule has 0 aromatic heterocycles. The third-order valence-electron chi connectivity index (χ3n) is 4.72. The molecule has 0 radical (unpaired) electrons. The van der Waals surface area contributed by atoms with Crippen LogP contribution in [0, 0.1) is 5.92 Å². The first kappa shape index (κ1) is 21.0. The van der Waals surface area contributed by atoms with Gasteiger partial charge in [-0.1, -0.05) is 30.3 Å². The van der Waals surface area contributed by atoms with Gasteiger partial charge in [-0.15, -0.1) is 0 Å². The van der Waals surface area contributed by atoms with E-state index in [0.29, 0.717) is 43.5 Å². The molecular formula is C22H29N3O4. The van der Waals surface area contributed by atoms with E-state index in [-0.39, 0.29) is 11.9 Å². The van der Waals surface area contributed by atoms with Gasteiger partial charge >= 0.3 is 6.03 Å². The fraction of sp³-hybridized carbons (Fsp3) is 0.409. The van der Waals surface area contributed by atoms with Crippen molar-refractivity contribution in [1.29, 1.82) is 0 Å². The fourth-order valence-electron chi connectivity index (χ4n) is 3.31. The third-order valence-corrected chi connectivity index (χ3v) is 4.72. The third kappa shape index (κ3) is 6.10. The lowest BCUT2D eigenvalue weighted by molar-refractivity contribution is 0.0911. The van der Waals surface area contributed by atoms with E-state index in [9.17, 15) is 9.90 Å². The molecule has 156 valence electrons. The summed E-state index contributed by atoms with van der Waals surface area (Å²) in [5.74, 6) is 1.16. The van der Waals surface area contributed by atoms with Gasteiger partial charge in [0.1, 0.15) is 0 Å². The number of carbonyl (C=O) groups is 1. The Morgan fingerprint density at radius 3 is 2.55 bits per heavy atom. The van der Waals surface area contributed by atoms with Gasteiger partial charge in [0, 0.05) is 37.2 Å². The Labute approximate surface area is 171 Å². The predicted octanol–water partition coefficient (Wildman–Crippen LogP) is 2.88. The number of carbonyl (C=O) groups excluding carboxylic acids is 1. The first-order valence-electron chi connectivity index (χ1n) is 9.85. The van der Waals surface area contributed by atoms with Crippen LogP contribution in [0.5, 0.6) is 11.5 Å². The molecule has 7 heteroatoms. The number of aliphatic hydroxyl groups is 1. The molecule has 1 aliphatic rings. The zero-order chi connectivity index (χ0) is 20.6. The first-order chi connectivity index (χ1) is 14.0. The summed E-state index contributed by atoms with van der Waals surface area (Å²) in [5.41, 5.74) is 1.46. The molecule has 0 saturated carbocycles. The number of rotatable bonds is 7. The van der Waals surface area contributed by atoms with Crippen LogP contribution in [0.3, 0.4) is 0 Å². The summed E-state index contributed by atoms with van der Waals surface area (Å²) in [6.45, 7) is 2.19. The number of anilines is 1. The molecule has 0 fully saturated rings. The number of hydrogen-bond acceptors (Lipinski definition) is 5. The lowest BCUT2D eigenvalue weighted by Gasteiger charge is -2.26. The second-order valence-electron chi connectivity index (χ2n) is 7.42. The Balaban J connectivity index is 1.59. The van der Waals surface area contributed by atoms with Crippen molar-refractivity contribution < 1.29 is 19.4 Å². The summed E-state index contributed by atoms with van der Waals surface area (Å²) in [7, 11) is 3.89. The average molecular weight is 399 g/mol. The number of amides is 2. The molecule has 0 saturated heterocycles. The lowest BCUT2D eigenvalue weighted by Crippen LogP contribution is -2.39. The minimum atomic E-state index is -0.669. The van der Waals surface area contributed by atoms with Crippen molar-refractivity contribution in [2.45, 2.75) is 12.5 Å². The van der Waals surface area contributed by atoms with E-state index in [0.717, 1.165) is 12.0 Å². The molecule has 2 amide bonds. The largest absolute Gasteiger partial charge is 0.490 e. The quantitative estimate of drug-likeness (QED) is 0.667. The molecule has 1 aliphatic heterocycles. The summed E-state index contributed by atoms with van der Waals surface area (Å²) in [6.07, 6.45) is 0.159. The van der Waals surface area contributed by atoms with Crippen molar-refractivity contribution in [1.82, 2.24) is 10.2 Å². The Morgan fingerprint density at radius 2 is 1.83 bits per heavy atom. The van der Waals surface area contributed by atoms with E-state index >= 15 is 0 Å². The van der Waals surface area contributed by atoms with Crippen LogP contribution in [0.15, 0.2) is 48.5 Å². The van der Waals surface area contributed by atoms with Crippen LogP contribution in [0.4, 0.5) is 10.5 Å². The van der Waals surface area contributed by atoms with Gasteiger partial charge < -0.3 is 30.1 Å². The number of urea groups is 1. The van der Waals surface area contributed by atoms with E-state index in [1.165, 1.54) is 0 Å². The van der Waals surface area contributed by atoms with Crippen LogP contribution in [-0.4, -0.2) is 56.4 Å². The normalized spacial score (nSPS) is 15.3. The van der Waals surface area contributed by atoms with E-state index in [4.69, 9.17) is 9.47 Å². The van der Waals surface area contributed by atoms with Crippen molar-refractivity contribution in [3.8, 4) is 11.5 Å². The molecule has 0 bridgehead atoms. The smallest absolute Gasteiger partial charge is 0.319 e. The molecule has 1 heterocycles. The van der Waals surface area contributed by atoms with E-state index in [2.05, 4.69) is 10.6 Å². The van der Waals surface area contributed by atoms with Gasteiger partial charge in [0.05, 0.1) is 19.3 Å². The van der Waals surface area contributed by atoms with Crippen LogP contribution in [0.2, 0.25) is 0 Å². The van der Waals surface area contributed by atoms with Gasteiger partial charge in [0.2, 0.25) is 0 Å². The highest BCUT2D eigenvalue weighted by Gasteiger charge is 2.22. The Hall–Kier alpha value is -2.77. The predicted molar refractivity (Wildman–Crippen MR) is 113 cm³/mol. The molecule has 0 aliphatic carbocycles. The van der Waals surface area contributed by atoms with Gasteiger partial charge in [0.25, 0.3) is 0 Å². The summed E-state index contributed by atoms with van der Waals surface area (Å²) >= 11 is 0. The zero-order valence-corrected chi connectivity index (χ0v) is 16.9. The maximum atomic E-state index is 12.4. The van der Waals surface area contributed by atoms with Crippen LogP contribution < -0.4 is 20.1 Å². The summed E-state index contributed by atoms with van der Waals surface area (Å²) in [5, 5.41) is 16.5. The first-order valence-corrected chi connectivity index (χ1v) is 9.85. The van der Waals surface area contributed by atoms with Gasteiger partial charge in [-0.25, -0.2) is 4.79 Å². The van der Waals surface area contributed by atoms with Crippen molar-refractivity contribution in [3.05, 3.63) is 54.1 Å². The second kappa shape index (κ2) is 10.1. The van der Waals surface area contributed by atoms with Gasteiger partial charge in [-0.2, -0.15) is 0 Å². The van der Waals surface area contributed by atoms with Crippen molar-refractivity contribution in [3.63, 3.8) is 0 Å². The lowest BCUT2D eigenvalue weighted by atomic mass is 9.95. The number of benzene rings is 2. The molecule has 3 N–H and O–H groups in total. The minimum Gasteiger partial charge on any atom is -0.490 e. The highest BCUT2D eigenvalue weighted by Crippen LogP contribution is 2.32. The molecule has 0 unspecified atom stereocenters. The van der Waals surface area contributed by atoms with Crippen LogP contribution >= 0.6 is 0 Å². The van der Waals surface area contributed by atoms with Crippen LogP contribution in [-0.2, 0) is 0 Å². The fourth-order valence-corrected chi connectivity index (χ4v) is 3.31. The molecule has 2 aromatic carbocycles. The van der Waals surface area contributed by atoms with Crippen LogP contribution in [0.25, 0.3) is 0 Å². The number of aliphatic hydroxyl groups excluding tert-OH is 1. The molecule has 7 nitrogen and oxygen atoms in total. The molecule has 3 rings (SSSR count). The van der Waals surface area contributed by atoms with E-state index in [1.54, 1.807) is 18.2 Å². The van der Waals surface area contributed by atoms with Crippen molar-refractivity contribution in [2.24, 2.45) is 5.92 Å². The number of nitrogens with one attached hydrogen (secondary N) is 2. The molecule has 2 atom stereocenters. The number of fused-ring (bicyclic) bond motifs is 1. The Bertz CT molecular complexity index is 798. The average Bonchev–Trinajstić information content (AvgIpc) is 2.96. The maximum Gasteiger partial charge on any atom is 0.319 e. The molecule has 0 spiro atoms. The monoisotopic (exact) mass is 399 g/mol. The Kier molecular flexibility index (Phi) is 7.32. The SMILES string of the molecule is CN(C)C[C@H](CNC(=O)Nc1ccc2c(c1)OCCCO2)[C@H](O)c1ccccc1. The van der Waals surface area contributed by atoms with E-state index in [1.807, 2.05) is 49.3 Å². The molecule has 2 aromatic rings. The minimum absolute atomic E-state index is 0.151. The van der Waals surface area contributed by atoms with Gasteiger partial charge in [-0.05, 0) is 31.8 Å². The number of ether oxygens (including phenoxy) is 2. The van der Waals surface area contributed by atoms with Gasteiger partial charge in [0.15, 0.2) is 11.5 Å². The number of hydrogen-bond donors (Lipinski definition) is 3. The number of nitrogens with zero attached hydrogens (tertiary/aromatic N) is 1. The highest BCUT2D eigenvalue weighted by atomic mass is 16.5. The summed E-state index contributed by atoms with van der Waals surface area (Å²) in [6, 6.07) is 14.5. The van der Waals surface area contributed by atoms with Crippen molar-refractivity contribution in [2.75, 3.05) is 45.7 Å².